The molecule has 0 atom stereocenters. The molecule has 0 unspecified atom stereocenters. The zero-order valence-corrected chi connectivity index (χ0v) is 14.1. The predicted molar refractivity (Wildman–Crippen MR) is 98.7 cm³/mol. The molecule has 0 saturated carbocycles. The van der Waals surface area contributed by atoms with E-state index in [0.717, 1.165) is 58.7 Å². The first-order valence-corrected chi connectivity index (χ1v) is 8.70. The number of halogens is 1. The number of piperidine rings is 1. The van der Waals surface area contributed by atoms with Crippen molar-refractivity contribution < 1.29 is 4.74 Å². The number of hydrogen-bond acceptors (Lipinski definition) is 3. The molecule has 0 aliphatic carbocycles. The molecule has 1 N–H and O–H groups in total. The lowest BCUT2D eigenvalue weighted by atomic mass is 10.0. The van der Waals surface area contributed by atoms with Gasteiger partial charge in [-0.05, 0) is 67.9 Å². The smallest absolute Gasteiger partial charge is 0.136 e. The second-order valence-electron chi connectivity index (χ2n) is 6.09. The van der Waals surface area contributed by atoms with E-state index in [2.05, 4.69) is 28.5 Å². The highest BCUT2D eigenvalue weighted by molar-refractivity contribution is 6.30. The second kappa shape index (κ2) is 6.80. The molecule has 4 heteroatoms. The van der Waals surface area contributed by atoms with Crippen LogP contribution in [0.2, 0.25) is 5.02 Å². The van der Waals surface area contributed by atoms with Crippen molar-refractivity contribution in [2.75, 3.05) is 13.1 Å². The van der Waals surface area contributed by atoms with Gasteiger partial charge in [0.15, 0.2) is 0 Å². The Morgan fingerprint density at radius 2 is 1.79 bits per heavy atom. The fourth-order valence-electron chi connectivity index (χ4n) is 3.19. The molecule has 2 heterocycles. The fourth-order valence-corrected chi connectivity index (χ4v) is 3.32. The number of rotatable bonds is 3. The summed E-state index contributed by atoms with van der Waals surface area (Å²) in [6.45, 7) is 2.01. The van der Waals surface area contributed by atoms with Crippen molar-refractivity contribution in [1.82, 2.24) is 10.3 Å². The van der Waals surface area contributed by atoms with Gasteiger partial charge in [0.25, 0.3) is 0 Å². The number of nitrogens with one attached hydrogen (secondary N) is 1. The van der Waals surface area contributed by atoms with Gasteiger partial charge in [0.2, 0.25) is 0 Å². The summed E-state index contributed by atoms with van der Waals surface area (Å²) in [5, 5.41) is 5.18. The van der Waals surface area contributed by atoms with Crippen LogP contribution in [0.25, 0.3) is 22.0 Å². The predicted octanol–water partition coefficient (Wildman–Crippen LogP) is 4.69. The van der Waals surface area contributed by atoms with E-state index in [1.165, 1.54) is 0 Å². The highest BCUT2D eigenvalue weighted by Crippen LogP contribution is 2.37. The Bertz CT molecular complexity index is 842. The van der Waals surface area contributed by atoms with Gasteiger partial charge in [-0.2, -0.15) is 0 Å². The Balaban J connectivity index is 1.82. The summed E-state index contributed by atoms with van der Waals surface area (Å²) < 4.78 is 6.47. The zero-order valence-electron chi connectivity index (χ0n) is 13.3. The van der Waals surface area contributed by atoms with Crippen molar-refractivity contribution in [2.24, 2.45) is 0 Å². The largest absolute Gasteiger partial charge is 0.489 e. The molecule has 1 aromatic heterocycles. The highest BCUT2D eigenvalue weighted by atomic mass is 35.5. The van der Waals surface area contributed by atoms with Gasteiger partial charge in [-0.15, -0.1) is 0 Å². The molecule has 0 bridgehead atoms. The molecule has 1 aliphatic heterocycles. The number of benzene rings is 2. The van der Waals surface area contributed by atoms with Crippen molar-refractivity contribution in [3.63, 3.8) is 0 Å². The van der Waals surface area contributed by atoms with Gasteiger partial charge < -0.3 is 10.1 Å². The minimum Gasteiger partial charge on any atom is -0.489 e. The van der Waals surface area contributed by atoms with Gasteiger partial charge in [0.1, 0.15) is 11.9 Å². The molecular formula is C20H19ClN2O. The molecule has 3 aromatic rings. The third-order valence-corrected chi connectivity index (χ3v) is 4.71. The van der Waals surface area contributed by atoms with E-state index in [9.17, 15) is 0 Å². The number of fused-ring (bicyclic) bond motifs is 1. The molecule has 122 valence electrons. The summed E-state index contributed by atoms with van der Waals surface area (Å²) in [7, 11) is 0. The molecule has 0 amide bonds. The average Bonchev–Trinajstić information content (AvgIpc) is 2.64. The number of hydrogen-bond donors (Lipinski definition) is 1. The van der Waals surface area contributed by atoms with E-state index in [1.807, 2.05) is 36.5 Å². The molecule has 3 nitrogen and oxygen atoms in total. The van der Waals surface area contributed by atoms with Gasteiger partial charge >= 0.3 is 0 Å². The number of ether oxygens (including phenoxy) is 1. The monoisotopic (exact) mass is 338 g/mol. The minimum absolute atomic E-state index is 0.239. The second-order valence-corrected chi connectivity index (χ2v) is 6.52. The molecule has 4 rings (SSSR count). The van der Waals surface area contributed by atoms with Crippen molar-refractivity contribution in [1.29, 1.82) is 0 Å². The maximum atomic E-state index is 6.47. The van der Waals surface area contributed by atoms with Crippen LogP contribution in [-0.4, -0.2) is 24.2 Å². The van der Waals surface area contributed by atoms with Crippen LogP contribution in [-0.2, 0) is 0 Å². The Labute approximate surface area is 146 Å². The van der Waals surface area contributed by atoms with Gasteiger partial charge in [0.05, 0.1) is 5.52 Å². The first-order chi connectivity index (χ1) is 11.8. The van der Waals surface area contributed by atoms with Gasteiger partial charge in [-0.1, -0.05) is 23.7 Å². The van der Waals surface area contributed by atoms with Crippen LogP contribution in [0, 0.1) is 0 Å². The first-order valence-electron chi connectivity index (χ1n) is 8.32. The summed E-state index contributed by atoms with van der Waals surface area (Å²) in [6, 6.07) is 16.1. The summed E-state index contributed by atoms with van der Waals surface area (Å²) in [5.74, 6) is 0.926. The van der Waals surface area contributed by atoms with Crippen molar-refractivity contribution in [3.05, 3.63) is 59.8 Å². The van der Waals surface area contributed by atoms with E-state index >= 15 is 0 Å². The van der Waals surface area contributed by atoms with Crippen LogP contribution in [0.4, 0.5) is 0 Å². The van der Waals surface area contributed by atoms with Gasteiger partial charge in [0, 0.05) is 22.2 Å². The van der Waals surface area contributed by atoms with E-state index in [1.54, 1.807) is 0 Å². The van der Waals surface area contributed by atoms with E-state index < -0.39 is 0 Å². The lowest BCUT2D eigenvalue weighted by Crippen LogP contribution is -2.34. The standard InChI is InChI=1S/C20H19ClN2O/c21-15-5-3-14(4-6-15)17-7-8-19-18(2-1-11-23-19)20(17)24-16-9-12-22-13-10-16/h1-8,11,16,22H,9-10,12-13H2. The lowest BCUT2D eigenvalue weighted by Gasteiger charge is -2.26. The molecule has 2 aromatic carbocycles. The highest BCUT2D eigenvalue weighted by Gasteiger charge is 2.19. The summed E-state index contributed by atoms with van der Waals surface area (Å²) in [6.07, 6.45) is 4.11. The SMILES string of the molecule is Clc1ccc(-c2ccc3ncccc3c2OC2CCNCC2)cc1. The maximum absolute atomic E-state index is 6.47. The van der Waals surface area contributed by atoms with Crippen molar-refractivity contribution in [2.45, 2.75) is 18.9 Å². The van der Waals surface area contributed by atoms with Crippen LogP contribution in [0.1, 0.15) is 12.8 Å². The number of nitrogens with zero attached hydrogens (tertiary/aromatic N) is 1. The Morgan fingerprint density at radius 1 is 1.00 bits per heavy atom. The number of aromatic nitrogens is 1. The topological polar surface area (TPSA) is 34.1 Å². The average molecular weight is 339 g/mol. The Kier molecular flexibility index (Phi) is 4.37. The quantitative estimate of drug-likeness (QED) is 0.752. The van der Waals surface area contributed by atoms with Crippen LogP contribution >= 0.6 is 11.6 Å². The molecule has 24 heavy (non-hydrogen) atoms. The van der Waals surface area contributed by atoms with E-state index in [4.69, 9.17) is 16.3 Å². The van der Waals surface area contributed by atoms with Gasteiger partial charge in [-0.25, -0.2) is 0 Å². The maximum Gasteiger partial charge on any atom is 0.136 e. The van der Waals surface area contributed by atoms with E-state index in [-0.39, 0.29) is 6.10 Å². The summed E-state index contributed by atoms with van der Waals surface area (Å²) in [5.41, 5.74) is 3.15. The van der Waals surface area contributed by atoms with Crippen LogP contribution < -0.4 is 10.1 Å². The Morgan fingerprint density at radius 3 is 2.58 bits per heavy atom. The Hall–Kier alpha value is -2.10. The molecule has 1 fully saturated rings. The first kappa shape index (κ1) is 15.4. The number of pyridine rings is 1. The molecule has 0 spiro atoms. The van der Waals surface area contributed by atoms with Crippen LogP contribution in [0.5, 0.6) is 5.75 Å². The van der Waals surface area contributed by atoms with Crippen LogP contribution in [0.15, 0.2) is 54.7 Å². The summed E-state index contributed by atoms with van der Waals surface area (Å²) >= 11 is 6.04. The molecular weight excluding hydrogens is 320 g/mol. The summed E-state index contributed by atoms with van der Waals surface area (Å²) in [4.78, 5) is 4.47. The zero-order chi connectivity index (χ0) is 16.4. The van der Waals surface area contributed by atoms with Crippen LogP contribution in [0.3, 0.4) is 0 Å². The van der Waals surface area contributed by atoms with Crippen molar-refractivity contribution in [3.8, 4) is 16.9 Å². The lowest BCUT2D eigenvalue weighted by molar-refractivity contribution is 0.165. The van der Waals surface area contributed by atoms with E-state index in [0.29, 0.717) is 0 Å². The third-order valence-electron chi connectivity index (χ3n) is 4.46. The molecule has 1 aliphatic rings. The molecule has 0 radical (unpaired) electrons. The third kappa shape index (κ3) is 3.10. The fraction of sp³-hybridized carbons (Fsp3) is 0.250. The minimum atomic E-state index is 0.239. The van der Waals surface area contributed by atoms with Gasteiger partial charge in [-0.3, -0.25) is 4.98 Å². The normalized spacial score (nSPS) is 15.5. The molecule has 1 saturated heterocycles. The van der Waals surface area contributed by atoms with Crippen molar-refractivity contribution >= 4 is 22.5 Å².